The predicted octanol–water partition coefficient (Wildman–Crippen LogP) is 3.97. The Hall–Kier alpha value is -3.03. The molecule has 172 valence electrons. The molecule has 4 rings (SSSR count). The molecule has 2 saturated heterocycles. The fraction of sp³-hybridized carbons (Fsp3) is 0.500. The largest absolute Gasteiger partial charge is 0.497 e. The van der Waals surface area contributed by atoms with Gasteiger partial charge in [0.1, 0.15) is 17.7 Å². The van der Waals surface area contributed by atoms with Gasteiger partial charge in [0.2, 0.25) is 5.88 Å². The number of halogens is 1. The first-order chi connectivity index (χ1) is 15.4. The van der Waals surface area contributed by atoms with Gasteiger partial charge in [0.25, 0.3) is 0 Å². The molecule has 0 amide bonds. The van der Waals surface area contributed by atoms with Crippen molar-refractivity contribution < 1.29 is 23.8 Å². The average molecular weight is 444 g/mol. The summed E-state index contributed by atoms with van der Waals surface area (Å²) < 4.78 is 25.5. The molecule has 0 saturated carbocycles. The van der Waals surface area contributed by atoms with Crippen molar-refractivity contribution in [2.24, 2.45) is 5.92 Å². The molecule has 0 radical (unpaired) electrons. The third-order valence-electron chi connectivity index (χ3n) is 6.31. The van der Waals surface area contributed by atoms with E-state index in [1.807, 2.05) is 17.0 Å². The quantitative estimate of drug-likeness (QED) is 0.694. The van der Waals surface area contributed by atoms with Crippen molar-refractivity contribution >= 4 is 17.3 Å². The minimum absolute atomic E-state index is 0.00241. The summed E-state index contributed by atoms with van der Waals surface area (Å²) in [6.45, 7) is 4.35. The summed E-state index contributed by atoms with van der Waals surface area (Å²) in [5, 5.41) is 9.19. The van der Waals surface area contributed by atoms with Crippen LogP contribution in [-0.2, 0) is 4.79 Å². The van der Waals surface area contributed by atoms with Crippen molar-refractivity contribution in [2.45, 2.75) is 44.8 Å². The number of piperidine rings is 1. The van der Waals surface area contributed by atoms with E-state index in [4.69, 9.17) is 9.47 Å². The summed E-state index contributed by atoms with van der Waals surface area (Å²) >= 11 is 0. The number of pyridine rings is 1. The van der Waals surface area contributed by atoms with Crippen molar-refractivity contribution in [3.63, 3.8) is 0 Å². The maximum absolute atomic E-state index is 14.2. The molecule has 3 heterocycles. The number of anilines is 2. The Morgan fingerprint density at radius 1 is 1.25 bits per heavy atom. The lowest BCUT2D eigenvalue weighted by Gasteiger charge is -2.33. The Bertz CT molecular complexity index is 931. The second-order valence-corrected chi connectivity index (χ2v) is 8.72. The van der Waals surface area contributed by atoms with Gasteiger partial charge in [0, 0.05) is 50.7 Å². The standard InChI is InChI=1S/C24H30FN3O4/c1-16-11-18(12-24(29)30)28(15-16)17-3-6-23(26-14-17)32-19-7-9-27(10-8-19)22-13-20(31-2)4-5-21(22)25/h3-6,13-14,16,18-19H,7-12,15H2,1-2H3,(H,29,30). The van der Waals surface area contributed by atoms with Crippen LogP contribution in [0.2, 0.25) is 0 Å². The van der Waals surface area contributed by atoms with Gasteiger partial charge in [-0.15, -0.1) is 0 Å². The Morgan fingerprint density at radius 2 is 2.03 bits per heavy atom. The molecule has 2 aliphatic heterocycles. The van der Waals surface area contributed by atoms with Gasteiger partial charge >= 0.3 is 5.97 Å². The molecular weight excluding hydrogens is 413 g/mol. The topological polar surface area (TPSA) is 75.1 Å². The summed E-state index contributed by atoms with van der Waals surface area (Å²) in [4.78, 5) is 19.8. The van der Waals surface area contributed by atoms with Gasteiger partial charge in [0.05, 0.1) is 31.1 Å². The highest BCUT2D eigenvalue weighted by Crippen LogP contribution is 2.32. The molecule has 8 heteroatoms. The SMILES string of the molecule is COc1ccc(F)c(N2CCC(Oc3ccc(N4CC(C)CC4CC(=O)O)cn3)CC2)c1. The fourth-order valence-electron chi connectivity index (χ4n) is 4.72. The molecule has 7 nitrogen and oxygen atoms in total. The molecule has 0 bridgehead atoms. The van der Waals surface area contributed by atoms with Gasteiger partial charge in [0.15, 0.2) is 0 Å². The maximum Gasteiger partial charge on any atom is 0.305 e. The molecule has 1 aromatic carbocycles. The van der Waals surface area contributed by atoms with Crippen LogP contribution in [-0.4, -0.2) is 54.9 Å². The van der Waals surface area contributed by atoms with Crippen molar-refractivity contribution in [3.05, 3.63) is 42.3 Å². The number of nitrogens with zero attached hydrogens (tertiary/aromatic N) is 3. The highest BCUT2D eigenvalue weighted by molar-refractivity contribution is 5.69. The van der Waals surface area contributed by atoms with Crippen LogP contribution >= 0.6 is 0 Å². The molecular formula is C24H30FN3O4. The molecule has 2 unspecified atom stereocenters. The van der Waals surface area contributed by atoms with Crippen LogP contribution in [0.1, 0.15) is 32.6 Å². The van der Waals surface area contributed by atoms with Gasteiger partial charge < -0.3 is 24.4 Å². The van der Waals surface area contributed by atoms with E-state index in [1.54, 1.807) is 25.4 Å². The summed E-state index contributed by atoms with van der Waals surface area (Å²) in [5.74, 6) is 0.626. The highest BCUT2D eigenvalue weighted by atomic mass is 19.1. The number of benzene rings is 1. The Balaban J connectivity index is 1.33. The number of carbonyl (C=O) groups is 1. The lowest BCUT2D eigenvalue weighted by molar-refractivity contribution is -0.137. The number of aromatic nitrogens is 1. The van der Waals surface area contributed by atoms with Crippen molar-refractivity contribution in [2.75, 3.05) is 36.5 Å². The first-order valence-corrected chi connectivity index (χ1v) is 11.1. The number of hydrogen-bond donors (Lipinski definition) is 1. The lowest BCUT2D eigenvalue weighted by Crippen LogP contribution is -2.38. The fourth-order valence-corrected chi connectivity index (χ4v) is 4.72. The predicted molar refractivity (Wildman–Crippen MR) is 120 cm³/mol. The molecule has 0 aliphatic carbocycles. The summed E-state index contributed by atoms with van der Waals surface area (Å²) in [5.41, 5.74) is 1.48. The normalized spacial score (nSPS) is 21.6. The Labute approximate surface area is 187 Å². The van der Waals surface area contributed by atoms with E-state index >= 15 is 0 Å². The second kappa shape index (κ2) is 9.63. The average Bonchev–Trinajstić information content (AvgIpc) is 3.14. The van der Waals surface area contributed by atoms with E-state index in [2.05, 4.69) is 16.8 Å². The van der Waals surface area contributed by atoms with Gasteiger partial charge in [-0.25, -0.2) is 9.37 Å². The highest BCUT2D eigenvalue weighted by Gasteiger charge is 2.31. The van der Waals surface area contributed by atoms with Crippen LogP contribution in [0.3, 0.4) is 0 Å². The minimum Gasteiger partial charge on any atom is -0.497 e. The van der Waals surface area contributed by atoms with Crippen LogP contribution in [0, 0.1) is 11.7 Å². The van der Waals surface area contributed by atoms with Gasteiger partial charge in [-0.05, 0) is 30.5 Å². The van der Waals surface area contributed by atoms with Crippen LogP contribution in [0.4, 0.5) is 15.8 Å². The van der Waals surface area contributed by atoms with Gasteiger partial charge in [-0.1, -0.05) is 6.92 Å². The van der Waals surface area contributed by atoms with E-state index in [-0.39, 0.29) is 24.4 Å². The molecule has 2 fully saturated rings. The summed E-state index contributed by atoms with van der Waals surface area (Å²) in [6, 6.07) is 8.59. The maximum atomic E-state index is 14.2. The smallest absolute Gasteiger partial charge is 0.305 e. The van der Waals surface area contributed by atoms with Crippen LogP contribution in [0.25, 0.3) is 0 Å². The Kier molecular flexibility index (Phi) is 6.67. The molecule has 0 spiro atoms. The van der Waals surface area contributed by atoms with Gasteiger partial charge in [-0.2, -0.15) is 0 Å². The zero-order valence-electron chi connectivity index (χ0n) is 18.5. The monoisotopic (exact) mass is 443 g/mol. The number of rotatable bonds is 7. The van der Waals surface area contributed by atoms with E-state index in [0.717, 1.165) is 31.5 Å². The van der Waals surface area contributed by atoms with Crippen LogP contribution in [0.5, 0.6) is 11.6 Å². The number of aliphatic carboxylic acids is 1. The van der Waals surface area contributed by atoms with Crippen molar-refractivity contribution in [1.82, 2.24) is 4.98 Å². The van der Waals surface area contributed by atoms with Crippen LogP contribution < -0.4 is 19.3 Å². The first kappa shape index (κ1) is 22.2. The molecule has 32 heavy (non-hydrogen) atoms. The number of carboxylic acid groups (broad SMARTS) is 1. The summed E-state index contributed by atoms with van der Waals surface area (Å²) in [7, 11) is 1.58. The number of ether oxygens (including phenoxy) is 2. The number of carboxylic acids is 1. The molecule has 1 N–H and O–H groups in total. The van der Waals surface area contributed by atoms with Crippen molar-refractivity contribution in [1.29, 1.82) is 0 Å². The van der Waals surface area contributed by atoms with E-state index in [0.29, 0.717) is 36.3 Å². The van der Waals surface area contributed by atoms with E-state index in [1.165, 1.54) is 6.07 Å². The first-order valence-electron chi connectivity index (χ1n) is 11.1. The third-order valence-corrected chi connectivity index (χ3v) is 6.31. The van der Waals surface area contributed by atoms with Gasteiger partial charge in [-0.3, -0.25) is 4.79 Å². The second-order valence-electron chi connectivity index (χ2n) is 8.72. The molecule has 1 aromatic heterocycles. The van der Waals surface area contributed by atoms with Crippen molar-refractivity contribution in [3.8, 4) is 11.6 Å². The molecule has 2 aromatic rings. The van der Waals surface area contributed by atoms with E-state index in [9.17, 15) is 14.3 Å². The lowest BCUT2D eigenvalue weighted by atomic mass is 10.1. The number of hydrogen-bond acceptors (Lipinski definition) is 6. The molecule has 2 atom stereocenters. The zero-order chi connectivity index (χ0) is 22.7. The zero-order valence-corrected chi connectivity index (χ0v) is 18.5. The van der Waals surface area contributed by atoms with Crippen LogP contribution in [0.15, 0.2) is 36.5 Å². The molecule has 2 aliphatic rings. The van der Waals surface area contributed by atoms with E-state index < -0.39 is 5.97 Å². The Morgan fingerprint density at radius 3 is 2.69 bits per heavy atom. The minimum atomic E-state index is -0.776. The summed E-state index contributed by atoms with van der Waals surface area (Å²) in [6.07, 6.45) is 4.33. The number of methoxy groups -OCH3 is 1. The third kappa shape index (κ3) is 5.06.